The highest BCUT2D eigenvalue weighted by Crippen LogP contribution is 2.14. The molecule has 0 saturated carbocycles. The molecule has 1 saturated heterocycles. The van der Waals surface area contributed by atoms with E-state index < -0.39 is 0 Å². The molecule has 0 aromatic carbocycles. The van der Waals surface area contributed by atoms with Crippen molar-refractivity contribution >= 4 is 6.29 Å². The lowest BCUT2D eigenvalue weighted by Crippen LogP contribution is -2.39. The molecular weight excluding hydrogens is 200 g/mol. The first-order valence-corrected chi connectivity index (χ1v) is 5.97. The van der Waals surface area contributed by atoms with Crippen LogP contribution in [-0.2, 0) is 4.79 Å². The topological polar surface area (TPSA) is 41.1 Å². The van der Waals surface area contributed by atoms with Crippen molar-refractivity contribution in [3.63, 3.8) is 0 Å². The van der Waals surface area contributed by atoms with Gasteiger partial charge in [0.1, 0.15) is 6.29 Å². The van der Waals surface area contributed by atoms with E-state index >= 15 is 0 Å². The molecule has 2 unspecified atom stereocenters. The van der Waals surface area contributed by atoms with Crippen LogP contribution in [-0.4, -0.2) is 24.9 Å². The fourth-order valence-electron chi connectivity index (χ4n) is 1.98. The van der Waals surface area contributed by atoms with Gasteiger partial charge in [-0.05, 0) is 31.4 Å². The van der Waals surface area contributed by atoms with Gasteiger partial charge < -0.3 is 10.6 Å². The van der Waals surface area contributed by atoms with E-state index in [9.17, 15) is 4.79 Å². The molecule has 1 rings (SSSR count). The Balaban J connectivity index is 2.66. The molecule has 1 aliphatic heterocycles. The van der Waals surface area contributed by atoms with Crippen LogP contribution in [0, 0.1) is 5.92 Å². The van der Waals surface area contributed by atoms with Crippen molar-refractivity contribution in [2.75, 3.05) is 6.54 Å². The molecule has 0 spiro atoms. The van der Waals surface area contributed by atoms with Crippen molar-refractivity contribution in [3.8, 4) is 0 Å². The zero-order valence-electron chi connectivity index (χ0n) is 10.2. The Morgan fingerprint density at radius 3 is 2.75 bits per heavy atom. The highest BCUT2D eigenvalue weighted by Gasteiger charge is 2.20. The molecule has 0 amide bonds. The molecule has 0 aromatic heterocycles. The van der Waals surface area contributed by atoms with E-state index in [0.29, 0.717) is 12.0 Å². The monoisotopic (exact) mass is 222 g/mol. The number of hydrogen-bond acceptors (Lipinski definition) is 3. The summed E-state index contributed by atoms with van der Waals surface area (Å²) in [5, 5.41) is 6.78. The normalized spacial score (nSPS) is 23.2. The van der Waals surface area contributed by atoms with Gasteiger partial charge in [0.05, 0.1) is 0 Å². The Morgan fingerprint density at radius 2 is 2.31 bits per heavy atom. The fourth-order valence-corrected chi connectivity index (χ4v) is 1.98. The molecule has 0 bridgehead atoms. The maximum atomic E-state index is 10.6. The van der Waals surface area contributed by atoms with E-state index in [1.54, 1.807) is 6.08 Å². The van der Waals surface area contributed by atoms with E-state index in [4.69, 9.17) is 0 Å². The van der Waals surface area contributed by atoms with Crippen LogP contribution in [0.1, 0.15) is 26.7 Å². The predicted molar refractivity (Wildman–Crippen MR) is 67.1 cm³/mol. The quantitative estimate of drug-likeness (QED) is 0.408. The first-order chi connectivity index (χ1) is 7.69. The number of carbonyl (C=O) groups excluding carboxylic acids is 1. The predicted octanol–water partition coefficient (Wildman–Crippen LogP) is 1.62. The molecule has 1 aliphatic rings. The van der Waals surface area contributed by atoms with Gasteiger partial charge in [0.2, 0.25) is 0 Å². The number of rotatable bonds is 6. The minimum absolute atomic E-state index is 0.216. The number of nitrogens with one attached hydrogen (secondary N) is 2. The Hall–Kier alpha value is -1.09. The maximum absolute atomic E-state index is 10.6. The molecule has 3 heteroatoms. The summed E-state index contributed by atoms with van der Waals surface area (Å²) >= 11 is 0. The van der Waals surface area contributed by atoms with Gasteiger partial charge in [-0.25, -0.2) is 0 Å². The van der Waals surface area contributed by atoms with Gasteiger partial charge in [-0.2, -0.15) is 0 Å². The highest BCUT2D eigenvalue weighted by atomic mass is 16.1. The maximum Gasteiger partial charge on any atom is 0.144 e. The summed E-state index contributed by atoms with van der Waals surface area (Å²) in [6.07, 6.45) is 6.64. The molecule has 0 radical (unpaired) electrons. The summed E-state index contributed by atoms with van der Waals surface area (Å²) in [5.41, 5.74) is 0.992. The van der Waals surface area contributed by atoms with Crippen molar-refractivity contribution in [2.24, 2.45) is 5.92 Å². The third-order valence-electron chi connectivity index (χ3n) is 2.99. The lowest BCUT2D eigenvalue weighted by atomic mass is 10.0. The van der Waals surface area contributed by atoms with Gasteiger partial charge >= 0.3 is 0 Å². The van der Waals surface area contributed by atoms with Crippen LogP contribution in [0.5, 0.6) is 0 Å². The number of hydrogen-bond donors (Lipinski definition) is 2. The van der Waals surface area contributed by atoms with Crippen LogP contribution in [0.4, 0.5) is 0 Å². The minimum Gasteiger partial charge on any atom is -0.381 e. The zero-order valence-corrected chi connectivity index (χ0v) is 10.2. The SMILES string of the molecule is C=CC(N/C(=C\C=O)C1CCCN1)C(C)C. The van der Waals surface area contributed by atoms with Crippen LogP contribution in [0.25, 0.3) is 0 Å². The fraction of sp³-hybridized carbons (Fsp3) is 0.615. The summed E-state index contributed by atoms with van der Waals surface area (Å²) in [6, 6.07) is 0.514. The van der Waals surface area contributed by atoms with Crippen LogP contribution in [0.2, 0.25) is 0 Å². The average molecular weight is 222 g/mol. The van der Waals surface area contributed by atoms with Crippen molar-refractivity contribution in [1.82, 2.24) is 10.6 Å². The molecule has 0 aliphatic carbocycles. The van der Waals surface area contributed by atoms with Gasteiger partial charge in [-0.15, -0.1) is 6.58 Å². The van der Waals surface area contributed by atoms with Gasteiger partial charge in [0.15, 0.2) is 0 Å². The molecule has 1 fully saturated rings. The second-order valence-corrected chi connectivity index (χ2v) is 4.56. The molecular formula is C13H22N2O. The molecule has 1 heterocycles. The standard InChI is InChI=1S/C13H22N2O/c1-4-11(10(2)3)15-13(7-9-16)12-6-5-8-14-12/h4,7,9-12,14-15H,1,5-6,8H2,2-3H3/b13-7-. The summed E-state index contributed by atoms with van der Waals surface area (Å²) in [6.45, 7) is 9.13. The Bertz CT molecular complexity index is 265. The summed E-state index contributed by atoms with van der Waals surface area (Å²) in [4.78, 5) is 10.6. The van der Waals surface area contributed by atoms with Gasteiger partial charge in [0, 0.05) is 17.8 Å². The lowest BCUT2D eigenvalue weighted by Gasteiger charge is -2.25. The smallest absolute Gasteiger partial charge is 0.144 e. The van der Waals surface area contributed by atoms with Gasteiger partial charge in [-0.3, -0.25) is 4.79 Å². The van der Waals surface area contributed by atoms with Crippen LogP contribution < -0.4 is 10.6 Å². The first-order valence-electron chi connectivity index (χ1n) is 5.97. The number of aldehydes is 1. The molecule has 2 atom stereocenters. The second kappa shape index (κ2) is 6.48. The van der Waals surface area contributed by atoms with Gasteiger partial charge in [-0.1, -0.05) is 19.9 Å². The van der Waals surface area contributed by atoms with Crippen molar-refractivity contribution in [1.29, 1.82) is 0 Å². The van der Waals surface area contributed by atoms with E-state index in [1.807, 2.05) is 6.08 Å². The molecule has 0 aromatic rings. The second-order valence-electron chi connectivity index (χ2n) is 4.56. The molecule has 90 valence electrons. The van der Waals surface area contributed by atoms with Crippen molar-refractivity contribution in [3.05, 3.63) is 24.4 Å². The van der Waals surface area contributed by atoms with E-state index in [2.05, 4.69) is 31.1 Å². The lowest BCUT2D eigenvalue weighted by molar-refractivity contribution is -0.104. The van der Waals surface area contributed by atoms with E-state index in [1.165, 1.54) is 6.42 Å². The van der Waals surface area contributed by atoms with Crippen molar-refractivity contribution < 1.29 is 4.79 Å². The zero-order chi connectivity index (χ0) is 12.0. The minimum atomic E-state index is 0.216. The van der Waals surface area contributed by atoms with E-state index in [0.717, 1.165) is 24.9 Å². The van der Waals surface area contributed by atoms with Gasteiger partial charge in [0.25, 0.3) is 0 Å². The van der Waals surface area contributed by atoms with Crippen LogP contribution >= 0.6 is 0 Å². The van der Waals surface area contributed by atoms with Crippen LogP contribution in [0.3, 0.4) is 0 Å². The Kier molecular flexibility index (Phi) is 5.26. The summed E-state index contributed by atoms with van der Waals surface area (Å²) in [7, 11) is 0. The van der Waals surface area contributed by atoms with Crippen molar-refractivity contribution in [2.45, 2.75) is 38.8 Å². The Morgan fingerprint density at radius 1 is 1.56 bits per heavy atom. The number of allylic oxidation sites excluding steroid dienone is 1. The molecule has 16 heavy (non-hydrogen) atoms. The summed E-state index contributed by atoms with van der Waals surface area (Å²) < 4.78 is 0. The molecule has 3 nitrogen and oxygen atoms in total. The largest absolute Gasteiger partial charge is 0.381 e. The molecule has 2 N–H and O–H groups in total. The third kappa shape index (κ3) is 3.49. The highest BCUT2D eigenvalue weighted by molar-refractivity contribution is 5.66. The number of carbonyl (C=O) groups is 1. The van der Waals surface area contributed by atoms with E-state index in [-0.39, 0.29) is 6.04 Å². The third-order valence-corrected chi connectivity index (χ3v) is 2.99. The Labute approximate surface area is 98.0 Å². The first kappa shape index (κ1) is 13.0. The summed E-state index contributed by atoms with van der Waals surface area (Å²) in [5.74, 6) is 0.467. The average Bonchev–Trinajstić information content (AvgIpc) is 2.76. The van der Waals surface area contributed by atoms with Crippen LogP contribution in [0.15, 0.2) is 24.4 Å².